The Kier molecular flexibility index (Phi) is 6.79. The van der Waals surface area contributed by atoms with Crippen molar-refractivity contribution in [3.05, 3.63) is 75.2 Å². The zero-order chi connectivity index (χ0) is 25.2. The highest BCUT2D eigenvalue weighted by Crippen LogP contribution is 2.44. The molecule has 1 heterocycles. The van der Waals surface area contributed by atoms with Crippen molar-refractivity contribution in [2.24, 2.45) is 0 Å². The van der Waals surface area contributed by atoms with E-state index in [0.717, 1.165) is 33.6 Å². The highest BCUT2D eigenvalue weighted by Gasteiger charge is 2.39. The number of alkyl halides is 2. The average Bonchev–Trinajstić information content (AvgIpc) is 3.37. The van der Waals surface area contributed by atoms with Crippen LogP contribution in [-0.2, 0) is 16.1 Å². The predicted molar refractivity (Wildman–Crippen MR) is 124 cm³/mol. The molecule has 0 aliphatic heterocycles. The van der Waals surface area contributed by atoms with Gasteiger partial charge in [-0.1, -0.05) is 48.5 Å². The third kappa shape index (κ3) is 5.14. The minimum atomic E-state index is -4.09. The molecule has 11 heteroatoms. The summed E-state index contributed by atoms with van der Waals surface area (Å²) in [4.78, 5) is 39.4. The van der Waals surface area contributed by atoms with Gasteiger partial charge in [0.05, 0.1) is 13.1 Å². The number of fused-ring (bicyclic) bond motifs is 3. The molecule has 1 aliphatic rings. The van der Waals surface area contributed by atoms with E-state index in [1.807, 2.05) is 53.8 Å². The summed E-state index contributed by atoms with van der Waals surface area (Å²) in [5, 5.41) is 13.3. The molecule has 182 valence electrons. The van der Waals surface area contributed by atoms with Crippen LogP contribution in [0.1, 0.15) is 37.4 Å². The van der Waals surface area contributed by atoms with Crippen molar-refractivity contribution in [2.75, 3.05) is 13.2 Å². The molecule has 3 N–H and O–H groups in total. The minimum absolute atomic E-state index is 0.0270. The zero-order valence-corrected chi connectivity index (χ0v) is 19.3. The number of aliphatic carboxylic acids is 1. The molecule has 0 radical (unpaired) electrons. The summed E-state index contributed by atoms with van der Waals surface area (Å²) in [7, 11) is 0. The molecule has 0 bridgehead atoms. The van der Waals surface area contributed by atoms with E-state index in [2.05, 4.69) is 10.3 Å². The summed E-state index contributed by atoms with van der Waals surface area (Å²) in [5.74, 6) is -7.43. The summed E-state index contributed by atoms with van der Waals surface area (Å²) in [6.07, 6.45) is -0.660. The molecule has 8 nitrogen and oxygen atoms in total. The number of aryl methyl sites for hydroxylation is 1. The average molecular weight is 502 g/mol. The number of nitrogens with zero attached hydrogens (tertiary/aromatic N) is 1. The van der Waals surface area contributed by atoms with Crippen molar-refractivity contribution in [2.45, 2.75) is 25.3 Å². The van der Waals surface area contributed by atoms with E-state index in [4.69, 9.17) is 9.84 Å². The molecule has 0 saturated heterocycles. The van der Waals surface area contributed by atoms with Gasteiger partial charge in [-0.05, 0) is 29.2 Å². The van der Waals surface area contributed by atoms with Crippen LogP contribution in [0.25, 0.3) is 11.1 Å². The van der Waals surface area contributed by atoms with Crippen LogP contribution < -0.4 is 10.6 Å². The summed E-state index contributed by atoms with van der Waals surface area (Å²) in [6, 6.07) is 15.9. The molecule has 0 fully saturated rings. The fraction of sp³-hybridized carbons (Fsp3) is 0.250. The lowest BCUT2D eigenvalue weighted by atomic mass is 9.98. The largest absolute Gasteiger partial charge is 0.477 e. The van der Waals surface area contributed by atoms with Gasteiger partial charge in [0.15, 0.2) is 0 Å². The Labute approximate surface area is 203 Å². The fourth-order valence-electron chi connectivity index (χ4n) is 3.89. The lowest BCUT2D eigenvalue weighted by Gasteiger charge is -2.14. The highest BCUT2D eigenvalue weighted by atomic mass is 32.1. The number of carbonyl (C=O) groups is 3. The van der Waals surface area contributed by atoms with E-state index < -0.39 is 30.4 Å². The summed E-state index contributed by atoms with van der Waals surface area (Å²) in [5.41, 5.74) is 4.28. The Balaban J connectivity index is 1.32. The number of carboxylic acid groups (broad SMARTS) is 1. The topological polar surface area (TPSA) is 118 Å². The van der Waals surface area contributed by atoms with E-state index in [-0.39, 0.29) is 24.8 Å². The van der Waals surface area contributed by atoms with E-state index in [1.165, 1.54) is 0 Å². The number of rotatable bonds is 8. The van der Waals surface area contributed by atoms with Gasteiger partial charge in [-0.25, -0.2) is 14.6 Å². The first-order valence-corrected chi connectivity index (χ1v) is 11.4. The lowest BCUT2D eigenvalue weighted by Crippen LogP contribution is -2.42. The van der Waals surface area contributed by atoms with Gasteiger partial charge in [-0.3, -0.25) is 4.79 Å². The number of benzene rings is 2. The maximum atomic E-state index is 13.2. The quantitative estimate of drug-likeness (QED) is 0.430. The predicted octanol–water partition coefficient (Wildman–Crippen LogP) is 3.94. The maximum absolute atomic E-state index is 13.2. The summed E-state index contributed by atoms with van der Waals surface area (Å²) < 4.78 is 31.8. The minimum Gasteiger partial charge on any atom is -0.477 e. The van der Waals surface area contributed by atoms with E-state index in [0.29, 0.717) is 9.88 Å². The molecule has 2 amide bonds. The molecule has 0 atom stereocenters. The summed E-state index contributed by atoms with van der Waals surface area (Å²) in [6.45, 7) is 0.327. The van der Waals surface area contributed by atoms with Crippen LogP contribution in [0.3, 0.4) is 0 Å². The molecule has 0 spiro atoms. The number of nitrogens with one attached hydrogen (secondary N) is 2. The number of carbonyl (C=O) groups excluding carboxylic acids is 2. The molecule has 0 saturated carbocycles. The van der Waals surface area contributed by atoms with Crippen molar-refractivity contribution in [3.63, 3.8) is 0 Å². The summed E-state index contributed by atoms with van der Waals surface area (Å²) >= 11 is 1.10. The second-order valence-electron chi connectivity index (χ2n) is 7.88. The van der Waals surface area contributed by atoms with Crippen LogP contribution in [0.5, 0.6) is 0 Å². The van der Waals surface area contributed by atoms with Crippen molar-refractivity contribution < 1.29 is 33.0 Å². The maximum Gasteiger partial charge on any atom is 0.407 e. The van der Waals surface area contributed by atoms with Gasteiger partial charge in [-0.15, -0.1) is 11.3 Å². The third-order valence-electron chi connectivity index (χ3n) is 5.57. The number of amides is 2. The van der Waals surface area contributed by atoms with Crippen molar-refractivity contribution >= 4 is 29.3 Å². The van der Waals surface area contributed by atoms with Crippen LogP contribution in [0.2, 0.25) is 0 Å². The van der Waals surface area contributed by atoms with Crippen LogP contribution in [-0.4, -0.2) is 47.1 Å². The number of carboxylic acids is 1. The number of thiazole rings is 1. The smallest absolute Gasteiger partial charge is 0.407 e. The normalized spacial score (nSPS) is 12.5. The van der Waals surface area contributed by atoms with Gasteiger partial charge in [0.2, 0.25) is 0 Å². The Bertz CT molecular complexity index is 1250. The van der Waals surface area contributed by atoms with Gasteiger partial charge < -0.3 is 20.5 Å². The van der Waals surface area contributed by atoms with E-state index in [9.17, 15) is 23.2 Å². The third-order valence-corrected chi connectivity index (χ3v) is 6.54. The second-order valence-corrected chi connectivity index (χ2v) is 9.17. The highest BCUT2D eigenvalue weighted by molar-refractivity contribution is 7.11. The monoisotopic (exact) mass is 501 g/mol. The standard InChI is InChI=1S/C24H21F2N3O5S/c1-13-20(21(30)28-12-24(25,26)22(31)32)29-19(35-13)10-27-23(33)34-11-18-16-8-4-2-6-14(16)15-7-3-5-9-17(15)18/h2-9,18H,10-12H2,1H3,(H,27,33)(H,28,30)(H,31,32). The van der Waals surface area contributed by atoms with Crippen LogP contribution >= 0.6 is 11.3 Å². The van der Waals surface area contributed by atoms with Crippen LogP contribution in [0.15, 0.2) is 48.5 Å². The molecular formula is C24H21F2N3O5S. The Hall–Kier alpha value is -3.86. The molecule has 1 aromatic heterocycles. The number of aromatic nitrogens is 1. The number of hydrogen-bond acceptors (Lipinski definition) is 6. The fourth-order valence-corrected chi connectivity index (χ4v) is 4.76. The van der Waals surface area contributed by atoms with E-state index >= 15 is 0 Å². The Morgan fingerprint density at radius 1 is 1.06 bits per heavy atom. The van der Waals surface area contributed by atoms with Crippen LogP contribution in [0.4, 0.5) is 13.6 Å². The molecule has 35 heavy (non-hydrogen) atoms. The van der Waals surface area contributed by atoms with Gasteiger partial charge in [-0.2, -0.15) is 8.78 Å². The van der Waals surface area contributed by atoms with Crippen molar-refractivity contribution in [1.29, 1.82) is 0 Å². The van der Waals surface area contributed by atoms with Crippen LogP contribution in [0, 0.1) is 6.92 Å². The molecule has 2 aromatic carbocycles. The van der Waals surface area contributed by atoms with E-state index in [1.54, 1.807) is 6.92 Å². The molecule has 4 rings (SSSR count). The number of halogens is 2. The Morgan fingerprint density at radius 2 is 1.66 bits per heavy atom. The van der Waals surface area contributed by atoms with Gasteiger partial charge in [0.1, 0.15) is 17.3 Å². The number of hydrogen-bond donors (Lipinski definition) is 3. The first kappa shape index (κ1) is 24.3. The first-order chi connectivity index (χ1) is 16.7. The van der Waals surface area contributed by atoms with Gasteiger partial charge in [0.25, 0.3) is 5.91 Å². The SMILES string of the molecule is Cc1sc(CNC(=O)OCC2c3ccccc3-c3ccccc32)nc1C(=O)NCC(F)(F)C(=O)O. The number of alkyl carbamates (subject to hydrolysis) is 1. The number of ether oxygens (including phenoxy) is 1. The molecule has 1 aliphatic carbocycles. The Morgan fingerprint density at radius 3 is 2.26 bits per heavy atom. The van der Waals surface area contributed by atoms with Gasteiger partial charge in [0, 0.05) is 10.8 Å². The second kappa shape index (κ2) is 9.79. The lowest BCUT2D eigenvalue weighted by molar-refractivity contribution is -0.163. The zero-order valence-electron chi connectivity index (χ0n) is 18.5. The molecular weight excluding hydrogens is 480 g/mol. The first-order valence-electron chi connectivity index (χ1n) is 10.6. The molecule has 3 aromatic rings. The van der Waals surface area contributed by atoms with Gasteiger partial charge >= 0.3 is 18.0 Å². The van der Waals surface area contributed by atoms with Crippen molar-refractivity contribution in [1.82, 2.24) is 15.6 Å². The van der Waals surface area contributed by atoms with Crippen molar-refractivity contribution in [3.8, 4) is 11.1 Å². The molecule has 0 unspecified atom stereocenters.